The number of ether oxygens (including phenoxy) is 1. The summed E-state index contributed by atoms with van der Waals surface area (Å²) in [4.78, 5) is 15.2. The van der Waals surface area contributed by atoms with Crippen molar-refractivity contribution in [1.82, 2.24) is 14.8 Å². The summed E-state index contributed by atoms with van der Waals surface area (Å²) in [6, 6.07) is 23.3. The Hall–Kier alpha value is -3.49. The molecule has 9 heteroatoms. The highest BCUT2D eigenvalue weighted by Gasteiger charge is 2.19. The molecule has 1 aliphatic rings. The Morgan fingerprint density at radius 3 is 2.37 bits per heavy atom. The van der Waals surface area contributed by atoms with Gasteiger partial charge in [-0.05, 0) is 86.8 Å². The molecule has 1 amide bonds. The first-order valence-electron chi connectivity index (χ1n) is 12.8. The largest absolute Gasteiger partial charge is 0.494 e. The lowest BCUT2D eigenvalue weighted by molar-refractivity contribution is -0.113. The zero-order valence-corrected chi connectivity index (χ0v) is 22.8. The third-order valence-electron chi connectivity index (χ3n) is 6.36. The first-order valence-corrected chi connectivity index (χ1v) is 14.2. The van der Waals surface area contributed by atoms with E-state index in [1.54, 1.807) is 0 Å². The Bertz CT molecular complexity index is 1370. The van der Waals surface area contributed by atoms with Crippen molar-refractivity contribution in [2.24, 2.45) is 0 Å². The lowest BCUT2D eigenvalue weighted by Crippen LogP contribution is -2.29. The van der Waals surface area contributed by atoms with Crippen LogP contribution in [0.5, 0.6) is 5.75 Å². The number of nitrogens with zero attached hydrogens (tertiary/aromatic N) is 4. The second-order valence-electron chi connectivity index (χ2n) is 8.98. The lowest BCUT2D eigenvalue weighted by Gasteiger charge is -2.28. The predicted octanol–water partition coefficient (Wildman–Crippen LogP) is 6.71. The Balaban J connectivity index is 1.32. The molecule has 38 heavy (non-hydrogen) atoms. The lowest BCUT2D eigenvalue weighted by atomic mass is 10.1. The number of carbonyl (C=O) groups is 1. The van der Waals surface area contributed by atoms with Crippen molar-refractivity contribution < 1.29 is 9.53 Å². The molecule has 2 heterocycles. The number of piperidine rings is 1. The van der Waals surface area contributed by atoms with E-state index in [2.05, 4.69) is 32.5 Å². The Morgan fingerprint density at radius 1 is 0.947 bits per heavy atom. The fourth-order valence-corrected chi connectivity index (χ4v) is 5.48. The molecule has 1 aromatic heterocycles. The van der Waals surface area contributed by atoms with Crippen molar-refractivity contribution >= 4 is 40.6 Å². The van der Waals surface area contributed by atoms with E-state index in [1.165, 1.54) is 36.7 Å². The Morgan fingerprint density at radius 2 is 1.66 bits per heavy atom. The van der Waals surface area contributed by atoms with Crippen molar-refractivity contribution in [3.8, 4) is 22.8 Å². The van der Waals surface area contributed by atoms with E-state index in [4.69, 9.17) is 16.3 Å². The molecule has 0 unspecified atom stereocenters. The summed E-state index contributed by atoms with van der Waals surface area (Å²) in [6.07, 6.45) is 3.76. The molecule has 1 N–H and O–H groups in total. The zero-order chi connectivity index (χ0) is 26.3. The van der Waals surface area contributed by atoms with E-state index in [9.17, 15) is 4.79 Å². The van der Waals surface area contributed by atoms with Gasteiger partial charge in [0.1, 0.15) is 5.75 Å². The van der Waals surface area contributed by atoms with E-state index in [-0.39, 0.29) is 11.7 Å². The molecular weight excluding hydrogens is 518 g/mol. The van der Waals surface area contributed by atoms with Crippen LogP contribution in [-0.4, -0.2) is 46.1 Å². The highest BCUT2D eigenvalue weighted by Crippen LogP contribution is 2.32. The normalized spacial score (nSPS) is 13.4. The van der Waals surface area contributed by atoms with Gasteiger partial charge in [0.15, 0.2) is 11.0 Å². The molecule has 0 radical (unpaired) electrons. The molecule has 5 rings (SSSR count). The molecule has 0 saturated carbocycles. The van der Waals surface area contributed by atoms with Gasteiger partial charge in [-0.25, -0.2) is 0 Å². The number of nitrogens with one attached hydrogen (secondary N) is 1. The molecule has 0 bridgehead atoms. The summed E-state index contributed by atoms with van der Waals surface area (Å²) in [5.74, 6) is 1.46. The highest BCUT2D eigenvalue weighted by atomic mass is 35.5. The fourth-order valence-electron chi connectivity index (χ4n) is 4.51. The van der Waals surface area contributed by atoms with Crippen molar-refractivity contribution in [2.75, 3.05) is 35.7 Å². The van der Waals surface area contributed by atoms with Crippen molar-refractivity contribution in [1.29, 1.82) is 0 Å². The van der Waals surface area contributed by atoms with Crippen LogP contribution in [0.2, 0.25) is 5.02 Å². The van der Waals surface area contributed by atoms with Crippen LogP contribution in [0, 0.1) is 0 Å². The molecule has 0 spiro atoms. The first kappa shape index (κ1) is 26.1. The quantitative estimate of drug-likeness (QED) is 0.235. The minimum atomic E-state index is -0.110. The van der Waals surface area contributed by atoms with Gasteiger partial charge in [0, 0.05) is 35.7 Å². The van der Waals surface area contributed by atoms with Crippen LogP contribution in [-0.2, 0) is 4.79 Å². The van der Waals surface area contributed by atoms with Gasteiger partial charge in [0.05, 0.1) is 17.4 Å². The topological polar surface area (TPSA) is 72.3 Å². The van der Waals surface area contributed by atoms with Gasteiger partial charge in [-0.2, -0.15) is 0 Å². The van der Waals surface area contributed by atoms with Crippen LogP contribution in [0.4, 0.5) is 11.4 Å². The minimum absolute atomic E-state index is 0.110. The SMILES string of the molecule is CCOc1ccc(-n2c(SCC(=O)Nc3ccc(N4CCCCC4)cc3)nnc2-c2ccccc2Cl)cc1. The number of rotatable bonds is 9. The van der Waals surface area contributed by atoms with Crippen LogP contribution in [0.25, 0.3) is 17.1 Å². The maximum absolute atomic E-state index is 12.8. The number of hydrogen-bond donors (Lipinski definition) is 1. The Kier molecular flexibility index (Phi) is 8.51. The van der Waals surface area contributed by atoms with Crippen LogP contribution in [0.15, 0.2) is 78.0 Å². The predicted molar refractivity (Wildman–Crippen MR) is 155 cm³/mol. The summed E-state index contributed by atoms with van der Waals surface area (Å²) in [7, 11) is 0. The number of benzene rings is 3. The van der Waals surface area contributed by atoms with Crippen LogP contribution in [0.1, 0.15) is 26.2 Å². The molecule has 0 atom stereocenters. The maximum Gasteiger partial charge on any atom is 0.234 e. The summed E-state index contributed by atoms with van der Waals surface area (Å²) >= 11 is 7.82. The maximum atomic E-state index is 12.8. The third-order valence-corrected chi connectivity index (χ3v) is 7.62. The van der Waals surface area contributed by atoms with E-state index >= 15 is 0 Å². The van der Waals surface area contributed by atoms with Crippen molar-refractivity contribution in [3.05, 3.63) is 77.8 Å². The van der Waals surface area contributed by atoms with Crippen LogP contribution < -0.4 is 15.0 Å². The number of aromatic nitrogens is 3. The van der Waals surface area contributed by atoms with E-state index in [0.717, 1.165) is 35.8 Å². The standard InChI is InChI=1S/C29H30ClN5O2S/c1-2-37-24-16-14-23(15-17-24)35-28(25-8-4-5-9-26(25)30)32-33-29(35)38-20-27(36)31-21-10-12-22(13-11-21)34-18-6-3-7-19-34/h4-5,8-17H,2-3,6-7,18-20H2,1H3,(H,31,36). The summed E-state index contributed by atoms with van der Waals surface area (Å²) in [5, 5.41) is 13.0. The van der Waals surface area contributed by atoms with Gasteiger partial charge < -0.3 is 15.0 Å². The summed E-state index contributed by atoms with van der Waals surface area (Å²) in [5.41, 5.74) is 3.60. The summed E-state index contributed by atoms with van der Waals surface area (Å²) in [6.45, 7) is 4.72. The van der Waals surface area contributed by atoms with E-state index in [0.29, 0.717) is 22.6 Å². The van der Waals surface area contributed by atoms with Gasteiger partial charge in [-0.15, -0.1) is 10.2 Å². The molecule has 1 fully saturated rings. The summed E-state index contributed by atoms with van der Waals surface area (Å²) < 4.78 is 7.52. The fraction of sp³-hybridized carbons (Fsp3) is 0.276. The highest BCUT2D eigenvalue weighted by molar-refractivity contribution is 7.99. The molecule has 1 aliphatic heterocycles. The molecule has 0 aliphatic carbocycles. The number of carbonyl (C=O) groups excluding carboxylic acids is 1. The molecule has 4 aromatic rings. The molecule has 196 valence electrons. The van der Waals surface area contributed by atoms with Crippen LogP contribution in [0.3, 0.4) is 0 Å². The molecule has 1 saturated heterocycles. The number of thioether (sulfide) groups is 1. The number of halogens is 1. The third kappa shape index (κ3) is 6.14. The van der Waals surface area contributed by atoms with Crippen molar-refractivity contribution in [3.63, 3.8) is 0 Å². The van der Waals surface area contributed by atoms with Crippen LogP contribution >= 0.6 is 23.4 Å². The second-order valence-corrected chi connectivity index (χ2v) is 10.3. The average molecular weight is 548 g/mol. The average Bonchev–Trinajstić information content (AvgIpc) is 3.37. The first-order chi connectivity index (χ1) is 18.6. The number of amides is 1. The number of hydrogen-bond acceptors (Lipinski definition) is 6. The van der Waals surface area contributed by atoms with E-state index < -0.39 is 0 Å². The monoisotopic (exact) mass is 547 g/mol. The zero-order valence-electron chi connectivity index (χ0n) is 21.3. The van der Waals surface area contributed by atoms with Gasteiger partial charge in [-0.3, -0.25) is 9.36 Å². The van der Waals surface area contributed by atoms with Crippen molar-refractivity contribution in [2.45, 2.75) is 31.3 Å². The van der Waals surface area contributed by atoms with Gasteiger partial charge in [0.25, 0.3) is 0 Å². The van der Waals surface area contributed by atoms with Gasteiger partial charge in [-0.1, -0.05) is 35.5 Å². The second kappa shape index (κ2) is 12.4. The van der Waals surface area contributed by atoms with Gasteiger partial charge >= 0.3 is 0 Å². The van der Waals surface area contributed by atoms with E-state index in [1.807, 2.05) is 72.2 Å². The smallest absolute Gasteiger partial charge is 0.234 e. The molecule has 3 aromatic carbocycles. The molecular formula is C29H30ClN5O2S. The minimum Gasteiger partial charge on any atom is -0.494 e. The number of anilines is 2. The van der Waals surface area contributed by atoms with Gasteiger partial charge in [0.2, 0.25) is 5.91 Å². The Labute approximate surface area is 232 Å². The molecule has 7 nitrogen and oxygen atoms in total.